The third-order valence-electron chi connectivity index (χ3n) is 3.15. The van der Waals surface area contributed by atoms with Gasteiger partial charge in [0, 0.05) is 6.54 Å². The van der Waals surface area contributed by atoms with Crippen molar-refractivity contribution < 1.29 is 9.47 Å². The Morgan fingerprint density at radius 2 is 2.17 bits per heavy atom. The summed E-state index contributed by atoms with van der Waals surface area (Å²) in [4.78, 5) is 0. The fraction of sp³-hybridized carbons (Fsp3) is 0.571. The number of ether oxygens (including phenoxy) is 2. The Kier molecular flexibility index (Phi) is 4.51. The van der Waals surface area contributed by atoms with E-state index in [0.29, 0.717) is 0 Å². The molecule has 0 amide bonds. The summed E-state index contributed by atoms with van der Waals surface area (Å²) in [5.41, 5.74) is 0.00623. The molecule has 0 aliphatic heterocycles. The van der Waals surface area contributed by atoms with E-state index in [2.05, 4.69) is 28.2 Å². The topological polar surface area (TPSA) is 30.5 Å². The molecule has 18 heavy (non-hydrogen) atoms. The van der Waals surface area contributed by atoms with Crippen molar-refractivity contribution in [3.63, 3.8) is 0 Å². The van der Waals surface area contributed by atoms with E-state index in [-0.39, 0.29) is 5.60 Å². The Balaban J connectivity index is 1.96. The molecular formula is C14H20BrNO2. The summed E-state index contributed by atoms with van der Waals surface area (Å²) in [5.74, 6) is 1.73. The molecule has 1 N–H and O–H groups in total. The van der Waals surface area contributed by atoms with Crippen molar-refractivity contribution in [2.24, 2.45) is 0 Å². The van der Waals surface area contributed by atoms with Gasteiger partial charge < -0.3 is 14.8 Å². The van der Waals surface area contributed by atoms with Gasteiger partial charge in [0.05, 0.1) is 11.6 Å². The largest absolute Gasteiger partial charge is 0.497 e. The second-order valence-electron chi connectivity index (χ2n) is 4.76. The van der Waals surface area contributed by atoms with Crippen molar-refractivity contribution in [1.29, 1.82) is 0 Å². The number of hydrogen-bond acceptors (Lipinski definition) is 3. The van der Waals surface area contributed by atoms with Gasteiger partial charge >= 0.3 is 0 Å². The van der Waals surface area contributed by atoms with Crippen LogP contribution in [0.2, 0.25) is 0 Å². The zero-order chi connectivity index (χ0) is 13.0. The average molecular weight is 314 g/mol. The molecule has 1 fully saturated rings. The van der Waals surface area contributed by atoms with Crippen molar-refractivity contribution in [3.8, 4) is 11.5 Å². The highest BCUT2D eigenvalue weighted by atomic mass is 79.9. The minimum Gasteiger partial charge on any atom is -0.497 e. The molecule has 1 saturated carbocycles. The maximum atomic E-state index is 6.12. The number of halogens is 1. The van der Waals surface area contributed by atoms with E-state index in [1.54, 1.807) is 7.11 Å². The second-order valence-corrected chi connectivity index (χ2v) is 5.61. The zero-order valence-electron chi connectivity index (χ0n) is 11.0. The van der Waals surface area contributed by atoms with E-state index in [1.165, 1.54) is 0 Å². The molecule has 0 heterocycles. The summed E-state index contributed by atoms with van der Waals surface area (Å²) < 4.78 is 12.2. The van der Waals surface area contributed by atoms with Crippen LogP contribution in [0.1, 0.15) is 26.2 Å². The minimum atomic E-state index is 0.00623. The molecule has 3 nitrogen and oxygen atoms in total. The third-order valence-corrected chi connectivity index (χ3v) is 3.77. The van der Waals surface area contributed by atoms with Crippen LogP contribution in [-0.4, -0.2) is 25.8 Å². The van der Waals surface area contributed by atoms with Crippen LogP contribution in [0.4, 0.5) is 0 Å². The number of rotatable bonds is 7. The van der Waals surface area contributed by atoms with Crippen LogP contribution in [0.15, 0.2) is 22.7 Å². The van der Waals surface area contributed by atoms with Crippen LogP contribution < -0.4 is 14.8 Å². The predicted molar refractivity (Wildman–Crippen MR) is 76.4 cm³/mol. The number of methoxy groups -OCH3 is 1. The van der Waals surface area contributed by atoms with Gasteiger partial charge in [-0.15, -0.1) is 0 Å². The molecule has 0 saturated heterocycles. The van der Waals surface area contributed by atoms with Crippen molar-refractivity contribution in [2.45, 2.75) is 31.8 Å². The summed E-state index contributed by atoms with van der Waals surface area (Å²) in [5, 5.41) is 3.44. The van der Waals surface area contributed by atoms with E-state index in [1.807, 2.05) is 18.2 Å². The molecule has 0 bridgehead atoms. The van der Waals surface area contributed by atoms with Gasteiger partial charge in [0.25, 0.3) is 0 Å². The first kappa shape index (κ1) is 13.7. The molecule has 0 radical (unpaired) electrons. The summed E-state index contributed by atoms with van der Waals surface area (Å²) in [6.45, 7) is 4.15. The molecule has 0 unspecified atom stereocenters. The smallest absolute Gasteiger partial charge is 0.134 e. The molecular weight excluding hydrogens is 294 g/mol. The van der Waals surface area contributed by atoms with Crippen LogP contribution in [0.3, 0.4) is 0 Å². The molecule has 100 valence electrons. The molecule has 1 aliphatic rings. The number of benzene rings is 1. The lowest BCUT2D eigenvalue weighted by Crippen LogP contribution is -2.33. The van der Waals surface area contributed by atoms with Gasteiger partial charge in [0.1, 0.15) is 17.1 Å². The summed E-state index contributed by atoms with van der Waals surface area (Å²) in [6.07, 6.45) is 3.41. The van der Waals surface area contributed by atoms with E-state index in [9.17, 15) is 0 Å². The number of hydrogen-bond donors (Lipinski definition) is 1. The fourth-order valence-corrected chi connectivity index (χ4v) is 2.31. The Hall–Kier alpha value is -0.740. The second kappa shape index (κ2) is 5.93. The molecule has 2 rings (SSSR count). The Morgan fingerprint density at radius 1 is 1.39 bits per heavy atom. The van der Waals surface area contributed by atoms with Gasteiger partial charge in [-0.1, -0.05) is 6.92 Å². The van der Waals surface area contributed by atoms with Crippen LogP contribution >= 0.6 is 15.9 Å². The maximum absolute atomic E-state index is 6.12. The maximum Gasteiger partial charge on any atom is 0.134 e. The normalized spacial score (nSPS) is 16.4. The SMILES string of the molecule is CCCNCC1(Oc2ccc(OC)cc2Br)CC1. The highest BCUT2D eigenvalue weighted by Crippen LogP contribution is 2.42. The molecule has 0 atom stereocenters. The first-order valence-corrected chi connectivity index (χ1v) is 7.22. The van der Waals surface area contributed by atoms with Crippen LogP contribution in [0.5, 0.6) is 11.5 Å². The highest BCUT2D eigenvalue weighted by Gasteiger charge is 2.45. The molecule has 4 heteroatoms. The fourth-order valence-electron chi connectivity index (χ4n) is 1.87. The average Bonchev–Trinajstić information content (AvgIpc) is 3.12. The Morgan fingerprint density at radius 3 is 2.72 bits per heavy atom. The van der Waals surface area contributed by atoms with Gasteiger partial charge in [-0.05, 0) is 59.9 Å². The Bertz CT molecular complexity index is 405. The molecule has 1 aromatic rings. The summed E-state index contributed by atoms with van der Waals surface area (Å²) >= 11 is 3.52. The summed E-state index contributed by atoms with van der Waals surface area (Å²) in [7, 11) is 1.67. The number of nitrogens with one attached hydrogen (secondary N) is 1. The molecule has 1 aromatic carbocycles. The van der Waals surface area contributed by atoms with Crippen molar-refractivity contribution >= 4 is 15.9 Å². The van der Waals surface area contributed by atoms with Gasteiger partial charge in [0.15, 0.2) is 0 Å². The van der Waals surface area contributed by atoms with E-state index in [4.69, 9.17) is 9.47 Å². The van der Waals surface area contributed by atoms with E-state index in [0.717, 1.165) is 48.3 Å². The molecule has 0 aromatic heterocycles. The predicted octanol–water partition coefficient (Wildman–Crippen LogP) is 3.37. The zero-order valence-corrected chi connectivity index (χ0v) is 12.5. The van der Waals surface area contributed by atoms with Gasteiger partial charge in [0.2, 0.25) is 0 Å². The van der Waals surface area contributed by atoms with Crippen molar-refractivity contribution in [1.82, 2.24) is 5.32 Å². The highest BCUT2D eigenvalue weighted by molar-refractivity contribution is 9.10. The lowest BCUT2D eigenvalue weighted by Gasteiger charge is -2.20. The lowest BCUT2D eigenvalue weighted by atomic mass is 10.3. The van der Waals surface area contributed by atoms with Crippen LogP contribution in [0.25, 0.3) is 0 Å². The van der Waals surface area contributed by atoms with Crippen LogP contribution in [-0.2, 0) is 0 Å². The third kappa shape index (κ3) is 3.39. The van der Waals surface area contributed by atoms with Gasteiger partial charge in [-0.25, -0.2) is 0 Å². The van der Waals surface area contributed by atoms with Gasteiger partial charge in [-0.2, -0.15) is 0 Å². The lowest BCUT2D eigenvalue weighted by molar-refractivity contribution is 0.174. The van der Waals surface area contributed by atoms with E-state index >= 15 is 0 Å². The standard InChI is InChI=1S/C14H20BrNO2/c1-3-8-16-10-14(6-7-14)18-13-5-4-11(17-2)9-12(13)15/h4-5,9,16H,3,6-8,10H2,1-2H3. The van der Waals surface area contributed by atoms with Gasteiger partial charge in [-0.3, -0.25) is 0 Å². The summed E-state index contributed by atoms with van der Waals surface area (Å²) in [6, 6.07) is 5.82. The minimum absolute atomic E-state index is 0.00623. The first-order valence-electron chi connectivity index (χ1n) is 6.42. The van der Waals surface area contributed by atoms with Crippen molar-refractivity contribution in [3.05, 3.63) is 22.7 Å². The molecule has 0 spiro atoms. The van der Waals surface area contributed by atoms with Crippen LogP contribution in [0, 0.1) is 0 Å². The Labute approximate surface area is 117 Å². The van der Waals surface area contributed by atoms with E-state index < -0.39 is 0 Å². The molecule has 1 aliphatic carbocycles. The monoisotopic (exact) mass is 313 g/mol. The first-order chi connectivity index (χ1) is 8.69. The quantitative estimate of drug-likeness (QED) is 0.783. The van der Waals surface area contributed by atoms with Crippen molar-refractivity contribution in [2.75, 3.05) is 20.2 Å².